The third kappa shape index (κ3) is 4.05. The Morgan fingerprint density at radius 3 is 2.50 bits per heavy atom. The first-order chi connectivity index (χ1) is 7.65. The molecule has 0 aliphatic carbocycles. The number of nitrogens with zero attached hydrogens (tertiary/aromatic N) is 1. The van der Waals surface area contributed by atoms with E-state index in [1.165, 1.54) is 29.7 Å². The Hall–Kier alpha value is -0.690. The van der Waals surface area contributed by atoms with Crippen LogP contribution in [0, 0.1) is 13.8 Å². The van der Waals surface area contributed by atoms with Crippen LogP contribution >= 0.6 is 11.6 Å². The van der Waals surface area contributed by atoms with Crippen LogP contribution in [-0.2, 0) is 0 Å². The van der Waals surface area contributed by atoms with E-state index in [0.717, 1.165) is 18.8 Å². The standard InChI is InChI=1S/C14H22ClN/c1-12-7-8-14(13(2)11-12)16(3)10-6-4-5-9-15/h7-8,11H,4-6,9-10H2,1-3H3. The zero-order valence-corrected chi connectivity index (χ0v) is 11.3. The van der Waals surface area contributed by atoms with Gasteiger partial charge >= 0.3 is 0 Å². The molecule has 0 spiro atoms. The maximum Gasteiger partial charge on any atom is 0.0393 e. The van der Waals surface area contributed by atoms with Gasteiger partial charge in [0.05, 0.1) is 0 Å². The lowest BCUT2D eigenvalue weighted by Crippen LogP contribution is -2.19. The van der Waals surface area contributed by atoms with Gasteiger partial charge in [-0.2, -0.15) is 0 Å². The fraction of sp³-hybridized carbons (Fsp3) is 0.571. The van der Waals surface area contributed by atoms with Crippen LogP contribution in [0.15, 0.2) is 18.2 Å². The second-order valence-electron chi connectivity index (χ2n) is 4.46. The molecule has 0 aliphatic rings. The zero-order chi connectivity index (χ0) is 12.0. The van der Waals surface area contributed by atoms with E-state index < -0.39 is 0 Å². The minimum atomic E-state index is 0.785. The second kappa shape index (κ2) is 6.80. The van der Waals surface area contributed by atoms with Gasteiger partial charge < -0.3 is 4.90 Å². The topological polar surface area (TPSA) is 3.24 Å². The predicted molar refractivity (Wildman–Crippen MR) is 73.8 cm³/mol. The van der Waals surface area contributed by atoms with Crippen molar-refractivity contribution >= 4 is 17.3 Å². The monoisotopic (exact) mass is 239 g/mol. The number of hydrogen-bond acceptors (Lipinski definition) is 1. The maximum absolute atomic E-state index is 5.66. The SMILES string of the molecule is Cc1ccc(N(C)CCCCCCl)c(C)c1. The van der Waals surface area contributed by atoms with Gasteiger partial charge in [-0.05, 0) is 38.3 Å². The summed E-state index contributed by atoms with van der Waals surface area (Å²) in [5.74, 6) is 0.785. The number of rotatable bonds is 6. The Balaban J connectivity index is 2.49. The average molecular weight is 240 g/mol. The molecule has 0 amide bonds. The van der Waals surface area contributed by atoms with Gasteiger partial charge in [0.2, 0.25) is 0 Å². The normalized spacial score (nSPS) is 10.5. The fourth-order valence-corrected chi connectivity index (χ4v) is 2.16. The maximum atomic E-state index is 5.66. The Labute approximate surface area is 104 Å². The molecule has 16 heavy (non-hydrogen) atoms. The quantitative estimate of drug-likeness (QED) is 0.533. The molecule has 1 nitrogen and oxygen atoms in total. The highest BCUT2D eigenvalue weighted by Crippen LogP contribution is 2.20. The first-order valence-corrected chi connectivity index (χ1v) is 6.53. The lowest BCUT2D eigenvalue weighted by molar-refractivity contribution is 0.707. The number of hydrogen-bond donors (Lipinski definition) is 0. The van der Waals surface area contributed by atoms with E-state index in [9.17, 15) is 0 Å². The molecule has 1 aromatic rings. The number of unbranched alkanes of at least 4 members (excludes halogenated alkanes) is 2. The number of halogens is 1. The van der Waals surface area contributed by atoms with Crippen LogP contribution in [0.1, 0.15) is 30.4 Å². The third-order valence-corrected chi connectivity index (χ3v) is 3.16. The summed E-state index contributed by atoms with van der Waals surface area (Å²) in [5.41, 5.74) is 4.04. The Morgan fingerprint density at radius 1 is 1.12 bits per heavy atom. The molecule has 1 aromatic carbocycles. The second-order valence-corrected chi connectivity index (χ2v) is 4.84. The van der Waals surface area contributed by atoms with Crippen molar-refractivity contribution in [3.8, 4) is 0 Å². The molecule has 0 heterocycles. The molecular formula is C14H22ClN. The average Bonchev–Trinajstić information content (AvgIpc) is 2.24. The van der Waals surface area contributed by atoms with Gasteiger partial charge in [-0.1, -0.05) is 24.1 Å². The lowest BCUT2D eigenvalue weighted by Gasteiger charge is -2.21. The molecular weight excluding hydrogens is 218 g/mol. The van der Waals surface area contributed by atoms with Crippen molar-refractivity contribution in [3.05, 3.63) is 29.3 Å². The van der Waals surface area contributed by atoms with Gasteiger partial charge in [-0.15, -0.1) is 11.6 Å². The van der Waals surface area contributed by atoms with E-state index in [4.69, 9.17) is 11.6 Å². The van der Waals surface area contributed by atoms with Crippen molar-refractivity contribution in [2.45, 2.75) is 33.1 Å². The highest BCUT2D eigenvalue weighted by Gasteiger charge is 2.03. The van der Waals surface area contributed by atoms with E-state index in [-0.39, 0.29) is 0 Å². The van der Waals surface area contributed by atoms with Crippen molar-refractivity contribution in [2.24, 2.45) is 0 Å². The van der Waals surface area contributed by atoms with Gasteiger partial charge in [0.1, 0.15) is 0 Å². The summed E-state index contributed by atoms with van der Waals surface area (Å²) >= 11 is 5.66. The van der Waals surface area contributed by atoms with Crippen LogP contribution < -0.4 is 4.90 Å². The summed E-state index contributed by atoms with van der Waals surface area (Å²) in [6, 6.07) is 6.63. The van der Waals surface area contributed by atoms with E-state index in [1.54, 1.807) is 0 Å². The molecule has 0 aliphatic heterocycles. The Kier molecular flexibility index (Phi) is 5.68. The molecule has 0 N–H and O–H groups in total. The summed E-state index contributed by atoms with van der Waals surface area (Å²) in [6.07, 6.45) is 3.57. The molecule has 0 bridgehead atoms. The number of aryl methyl sites for hydroxylation is 2. The Morgan fingerprint density at radius 2 is 1.88 bits per heavy atom. The highest BCUT2D eigenvalue weighted by molar-refractivity contribution is 6.17. The van der Waals surface area contributed by atoms with Gasteiger partial charge in [-0.3, -0.25) is 0 Å². The van der Waals surface area contributed by atoms with E-state index in [1.807, 2.05) is 0 Å². The van der Waals surface area contributed by atoms with Crippen molar-refractivity contribution < 1.29 is 0 Å². The van der Waals surface area contributed by atoms with Crippen LogP contribution in [0.2, 0.25) is 0 Å². The van der Waals surface area contributed by atoms with Crippen molar-refractivity contribution in [2.75, 3.05) is 24.4 Å². The minimum absolute atomic E-state index is 0.785. The number of anilines is 1. The van der Waals surface area contributed by atoms with Gasteiger partial charge in [-0.25, -0.2) is 0 Å². The van der Waals surface area contributed by atoms with Crippen LogP contribution in [0.25, 0.3) is 0 Å². The van der Waals surface area contributed by atoms with Crippen LogP contribution in [-0.4, -0.2) is 19.5 Å². The molecule has 0 atom stereocenters. The summed E-state index contributed by atoms with van der Waals surface area (Å²) in [4.78, 5) is 2.34. The predicted octanol–water partition coefficient (Wildman–Crippen LogP) is 4.15. The summed E-state index contributed by atoms with van der Waals surface area (Å²) in [7, 11) is 2.17. The highest BCUT2D eigenvalue weighted by atomic mass is 35.5. The molecule has 2 heteroatoms. The Bertz CT molecular complexity index is 323. The molecule has 0 saturated heterocycles. The molecule has 0 saturated carbocycles. The molecule has 0 fully saturated rings. The first kappa shape index (κ1) is 13.4. The number of alkyl halides is 1. The zero-order valence-electron chi connectivity index (χ0n) is 10.6. The van der Waals surface area contributed by atoms with E-state index >= 15 is 0 Å². The van der Waals surface area contributed by atoms with Crippen LogP contribution in [0.4, 0.5) is 5.69 Å². The van der Waals surface area contributed by atoms with Gasteiger partial charge in [0, 0.05) is 25.2 Å². The largest absolute Gasteiger partial charge is 0.374 e. The molecule has 1 rings (SSSR count). The summed E-state index contributed by atoms with van der Waals surface area (Å²) in [6.45, 7) is 5.43. The summed E-state index contributed by atoms with van der Waals surface area (Å²) in [5, 5.41) is 0. The molecule has 90 valence electrons. The smallest absolute Gasteiger partial charge is 0.0393 e. The van der Waals surface area contributed by atoms with Crippen molar-refractivity contribution in [1.29, 1.82) is 0 Å². The van der Waals surface area contributed by atoms with Gasteiger partial charge in [0.25, 0.3) is 0 Å². The van der Waals surface area contributed by atoms with Crippen molar-refractivity contribution in [1.82, 2.24) is 0 Å². The minimum Gasteiger partial charge on any atom is -0.374 e. The van der Waals surface area contributed by atoms with Crippen LogP contribution in [0.3, 0.4) is 0 Å². The molecule has 0 radical (unpaired) electrons. The van der Waals surface area contributed by atoms with Crippen LogP contribution in [0.5, 0.6) is 0 Å². The van der Waals surface area contributed by atoms with E-state index in [2.05, 4.69) is 44.0 Å². The first-order valence-electron chi connectivity index (χ1n) is 5.99. The van der Waals surface area contributed by atoms with Crippen molar-refractivity contribution in [3.63, 3.8) is 0 Å². The number of benzene rings is 1. The lowest BCUT2D eigenvalue weighted by atomic mass is 10.1. The molecule has 0 unspecified atom stereocenters. The fourth-order valence-electron chi connectivity index (χ4n) is 1.97. The van der Waals surface area contributed by atoms with Gasteiger partial charge in [0.15, 0.2) is 0 Å². The third-order valence-electron chi connectivity index (χ3n) is 2.89. The van der Waals surface area contributed by atoms with E-state index in [0.29, 0.717) is 0 Å². The summed E-state index contributed by atoms with van der Waals surface area (Å²) < 4.78 is 0. The molecule has 0 aromatic heterocycles.